The predicted octanol–water partition coefficient (Wildman–Crippen LogP) is 4.11. The van der Waals surface area contributed by atoms with Crippen molar-refractivity contribution in [3.8, 4) is 0 Å². The van der Waals surface area contributed by atoms with Crippen LogP contribution in [0.15, 0.2) is 65.3 Å². The highest BCUT2D eigenvalue weighted by Gasteiger charge is 2.23. The lowest BCUT2D eigenvalue weighted by molar-refractivity contribution is 0.0746. The summed E-state index contributed by atoms with van der Waals surface area (Å²) in [5.41, 5.74) is 4.49. The number of carbonyl (C=O) groups excluding carboxylic acids is 2. The standard InChI is InChI=1S/C24H25N3O3/c1-17-5-3-6-20(15-17)26-10-12-27(13-11-26)24(29)19-9-8-18(2)21(16-19)25-23(28)22-7-4-14-30-22/h3-9,14-16H,10-13H2,1-2H3,(H,25,28). The van der Waals surface area contributed by atoms with Crippen LogP contribution in [0.25, 0.3) is 0 Å². The van der Waals surface area contributed by atoms with E-state index < -0.39 is 0 Å². The summed E-state index contributed by atoms with van der Waals surface area (Å²) in [7, 11) is 0. The lowest BCUT2D eigenvalue weighted by Gasteiger charge is -2.36. The summed E-state index contributed by atoms with van der Waals surface area (Å²) in [6, 6.07) is 17.1. The highest BCUT2D eigenvalue weighted by molar-refractivity contribution is 6.04. The maximum atomic E-state index is 13.1. The van der Waals surface area contributed by atoms with Crippen molar-refractivity contribution in [1.29, 1.82) is 0 Å². The highest BCUT2D eigenvalue weighted by Crippen LogP contribution is 2.22. The Kier molecular flexibility index (Phi) is 5.57. The minimum absolute atomic E-state index is 0.0209. The number of nitrogens with one attached hydrogen (secondary N) is 1. The number of furan rings is 1. The van der Waals surface area contributed by atoms with E-state index >= 15 is 0 Å². The van der Waals surface area contributed by atoms with Gasteiger partial charge in [0, 0.05) is 43.1 Å². The van der Waals surface area contributed by atoms with Crippen molar-refractivity contribution >= 4 is 23.2 Å². The van der Waals surface area contributed by atoms with Crippen LogP contribution in [0.5, 0.6) is 0 Å². The Balaban J connectivity index is 1.43. The van der Waals surface area contributed by atoms with Gasteiger partial charge in [-0.25, -0.2) is 0 Å². The highest BCUT2D eigenvalue weighted by atomic mass is 16.3. The molecule has 0 saturated carbocycles. The third-order valence-electron chi connectivity index (χ3n) is 5.41. The monoisotopic (exact) mass is 403 g/mol. The zero-order chi connectivity index (χ0) is 21.1. The van der Waals surface area contributed by atoms with Crippen LogP contribution in [-0.4, -0.2) is 42.9 Å². The number of amides is 2. The first-order valence-corrected chi connectivity index (χ1v) is 10.1. The Bertz CT molecular complexity index is 1050. The van der Waals surface area contributed by atoms with Crippen LogP contribution in [0.3, 0.4) is 0 Å². The number of nitrogens with zero attached hydrogens (tertiary/aromatic N) is 2. The zero-order valence-electron chi connectivity index (χ0n) is 17.2. The van der Waals surface area contributed by atoms with Crippen LogP contribution < -0.4 is 10.2 Å². The Morgan fingerprint density at radius 3 is 2.43 bits per heavy atom. The van der Waals surface area contributed by atoms with Gasteiger partial charge in [-0.15, -0.1) is 0 Å². The fraction of sp³-hybridized carbons (Fsp3) is 0.250. The van der Waals surface area contributed by atoms with Gasteiger partial charge in [-0.05, 0) is 61.4 Å². The molecule has 1 aromatic heterocycles. The molecule has 4 rings (SSSR count). The third-order valence-corrected chi connectivity index (χ3v) is 5.41. The van der Waals surface area contributed by atoms with Gasteiger partial charge in [-0.1, -0.05) is 18.2 Å². The van der Waals surface area contributed by atoms with Gasteiger partial charge < -0.3 is 19.5 Å². The second-order valence-corrected chi connectivity index (χ2v) is 7.58. The van der Waals surface area contributed by atoms with Crippen molar-refractivity contribution in [2.45, 2.75) is 13.8 Å². The Hall–Kier alpha value is -3.54. The van der Waals surface area contributed by atoms with E-state index in [4.69, 9.17) is 4.42 Å². The van der Waals surface area contributed by atoms with Crippen LogP contribution in [0, 0.1) is 13.8 Å². The fourth-order valence-corrected chi connectivity index (χ4v) is 3.66. The lowest BCUT2D eigenvalue weighted by atomic mass is 10.1. The van der Waals surface area contributed by atoms with Gasteiger partial charge >= 0.3 is 0 Å². The first-order valence-electron chi connectivity index (χ1n) is 10.1. The average molecular weight is 403 g/mol. The first kappa shape index (κ1) is 19.8. The maximum absolute atomic E-state index is 13.1. The second-order valence-electron chi connectivity index (χ2n) is 7.58. The number of carbonyl (C=O) groups is 2. The quantitative estimate of drug-likeness (QED) is 0.712. The number of rotatable bonds is 4. The largest absolute Gasteiger partial charge is 0.459 e. The molecule has 2 aromatic carbocycles. The minimum atomic E-state index is -0.334. The molecule has 2 amide bonds. The molecular weight excluding hydrogens is 378 g/mol. The summed E-state index contributed by atoms with van der Waals surface area (Å²) in [5.74, 6) is -0.120. The zero-order valence-corrected chi connectivity index (χ0v) is 17.2. The van der Waals surface area contributed by atoms with Crippen molar-refractivity contribution in [1.82, 2.24) is 4.90 Å². The summed E-state index contributed by atoms with van der Waals surface area (Å²) in [4.78, 5) is 29.5. The van der Waals surface area contributed by atoms with Crippen molar-refractivity contribution in [3.63, 3.8) is 0 Å². The molecule has 1 aliphatic rings. The SMILES string of the molecule is Cc1cccc(N2CCN(C(=O)c3ccc(C)c(NC(=O)c4ccco4)c3)CC2)c1. The van der Waals surface area contributed by atoms with E-state index in [-0.39, 0.29) is 17.6 Å². The Labute approximate surface area is 176 Å². The molecule has 30 heavy (non-hydrogen) atoms. The minimum Gasteiger partial charge on any atom is -0.459 e. The van der Waals surface area contributed by atoms with E-state index in [9.17, 15) is 9.59 Å². The molecular formula is C24H25N3O3. The van der Waals surface area contributed by atoms with E-state index in [1.807, 2.05) is 24.0 Å². The van der Waals surface area contributed by atoms with Gasteiger partial charge in [0.1, 0.15) is 0 Å². The number of benzene rings is 2. The fourth-order valence-electron chi connectivity index (χ4n) is 3.66. The van der Waals surface area contributed by atoms with E-state index in [0.29, 0.717) is 24.3 Å². The summed E-state index contributed by atoms with van der Waals surface area (Å²) < 4.78 is 5.14. The molecule has 2 heterocycles. The van der Waals surface area contributed by atoms with E-state index in [1.54, 1.807) is 18.2 Å². The Morgan fingerprint density at radius 1 is 0.933 bits per heavy atom. The maximum Gasteiger partial charge on any atom is 0.291 e. The lowest BCUT2D eigenvalue weighted by Crippen LogP contribution is -2.48. The molecule has 6 nitrogen and oxygen atoms in total. The summed E-state index contributed by atoms with van der Waals surface area (Å²) >= 11 is 0. The summed E-state index contributed by atoms with van der Waals surface area (Å²) in [6.07, 6.45) is 1.46. The van der Waals surface area contributed by atoms with Gasteiger partial charge in [0.05, 0.1) is 6.26 Å². The number of piperazine rings is 1. The molecule has 0 aliphatic carbocycles. The third kappa shape index (κ3) is 4.22. The molecule has 0 bridgehead atoms. The van der Waals surface area contributed by atoms with Crippen molar-refractivity contribution < 1.29 is 14.0 Å². The smallest absolute Gasteiger partial charge is 0.291 e. The number of aryl methyl sites for hydroxylation is 2. The molecule has 3 aromatic rings. The van der Waals surface area contributed by atoms with Crippen molar-refractivity contribution in [2.24, 2.45) is 0 Å². The van der Waals surface area contributed by atoms with E-state index in [1.165, 1.54) is 17.5 Å². The van der Waals surface area contributed by atoms with Crippen LogP contribution in [0.2, 0.25) is 0 Å². The topological polar surface area (TPSA) is 65.8 Å². The first-order chi connectivity index (χ1) is 14.5. The molecule has 0 unspecified atom stereocenters. The van der Waals surface area contributed by atoms with Crippen LogP contribution in [0.1, 0.15) is 32.0 Å². The van der Waals surface area contributed by atoms with Crippen molar-refractivity contribution in [3.05, 3.63) is 83.3 Å². The van der Waals surface area contributed by atoms with Crippen LogP contribution in [-0.2, 0) is 0 Å². The average Bonchev–Trinajstić information content (AvgIpc) is 3.30. The summed E-state index contributed by atoms with van der Waals surface area (Å²) in [6.45, 7) is 6.89. The predicted molar refractivity (Wildman–Crippen MR) is 117 cm³/mol. The van der Waals surface area contributed by atoms with Crippen LogP contribution in [0.4, 0.5) is 11.4 Å². The van der Waals surface area contributed by atoms with Gasteiger partial charge in [-0.2, -0.15) is 0 Å². The molecule has 6 heteroatoms. The normalized spacial score (nSPS) is 13.9. The molecule has 0 atom stereocenters. The van der Waals surface area contributed by atoms with Gasteiger partial charge in [-0.3, -0.25) is 9.59 Å². The number of hydrogen-bond donors (Lipinski definition) is 1. The van der Waals surface area contributed by atoms with Gasteiger partial charge in [0.15, 0.2) is 5.76 Å². The molecule has 154 valence electrons. The summed E-state index contributed by atoms with van der Waals surface area (Å²) in [5, 5.41) is 2.83. The van der Waals surface area contributed by atoms with Gasteiger partial charge in [0.2, 0.25) is 0 Å². The molecule has 1 aliphatic heterocycles. The molecule has 1 fully saturated rings. The Morgan fingerprint density at radius 2 is 1.73 bits per heavy atom. The van der Waals surface area contributed by atoms with Crippen molar-refractivity contribution in [2.75, 3.05) is 36.4 Å². The van der Waals surface area contributed by atoms with E-state index in [2.05, 4.69) is 41.4 Å². The second kappa shape index (κ2) is 8.45. The molecule has 0 radical (unpaired) electrons. The van der Waals surface area contributed by atoms with Gasteiger partial charge in [0.25, 0.3) is 11.8 Å². The van der Waals surface area contributed by atoms with E-state index in [0.717, 1.165) is 18.7 Å². The molecule has 0 spiro atoms. The molecule has 1 saturated heterocycles. The van der Waals surface area contributed by atoms with Crippen LogP contribution >= 0.6 is 0 Å². The number of hydrogen-bond acceptors (Lipinski definition) is 4. The number of anilines is 2. The molecule has 1 N–H and O–H groups in total.